The van der Waals surface area contributed by atoms with E-state index in [9.17, 15) is 0 Å². The molecule has 18 heavy (non-hydrogen) atoms. The maximum absolute atomic E-state index is 5.93. The summed E-state index contributed by atoms with van der Waals surface area (Å²) in [5.74, 6) is 1.07. The van der Waals surface area contributed by atoms with Crippen LogP contribution in [-0.4, -0.2) is 17.0 Å². The molecule has 2 aromatic rings. The lowest BCUT2D eigenvalue weighted by molar-refractivity contribution is 1.16. The van der Waals surface area contributed by atoms with Gasteiger partial charge in [0.05, 0.1) is 10.0 Å². The summed E-state index contributed by atoms with van der Waals surface area (Å²) < 4.78 is 0. The molecule has 0 saturated heterocycles. The van der Waals surface area contributed by atoms with E-state index in [1.54, 1.807) is 25.2 Å². The smallest absolute Gasteiger partial charge is 0.159 e. The normalized spacial score (nSPS) is 10.2. The first-order chi connectivity index (χ1) is 8.61. The number of hydrogen-bond acceptors (Lipinski definition) is 5. The van der Waals surface area contributed by atoms with Crippen molar-refractivity contribution in [3.05, 3.63) is 34.6 Å². The van der Waals surface area contributed by atoms with Crippen LogP contribution >= 0.6 is 23.2 Å². The van der Waals surface area contributed by atoms with Gasteiger partial charge < -0.3 is 16.4 Å². The minimum Gasteiger partial charge on any atom is -0.393 e. The summed E-state index contributed by atoms with van der Waals surface area (Å²) in [6.07, 6.45) is 1.42. The zero-order valence-corrected chi connectivity index (χ0v) is 11.0. The molecule has 0 amide bonds. The van der Waals surface area contributed by atoms with Crippen molar-refractivity contribution in [2.45, 2.75) is 0 Å². The minimum absolute atomic E-state index is 0.436. The first-order valence-electron chi connectivity index (χ1n) is 5.12. The van der Waals surface area contributed by atoms with Crippen LogP contribution in [0.25, 0.3) is 0 Å². The highest BCUT2D eigenvalue weighted by Crippen LogP contribution is 2.29. The van der Waals surface area contributed by atoms with Gasteiger partial charge in [-0.2, -0.15) is 0 Å². The molecular formula is C11H11Cl2N5. The average Bonchev–Trinajstić information content (AvgIpc) is 2.36. The lowest BCUT2D eigenvalue weighted by Crippen LogP contribution is -2.04. The Kier molecular flexibility index (Phi) is 3.74. The van der Waals surface area contributed by atoms with E-state index in [1.807, 2.05) is 0 Å². The number of benzene rings is 1. The molecule has 7 heteroatoms. The van der Waals surface area contributed by atoms with E-state index in [-0.39, 0.29) is 0 Å². The van der Waals surface area contributed by atoms with Gasteiger partial charge in [0.25, 0.3) is 0 Å². The van der Waals surface area contributed by atoms with Gasteiger partial charge in [-0.25, -0.2) is 9.97 Å². The van der Waals surface area contributed by atoms with Crippen LogP contribution in [0.15, 0.2) is 24.5 Å². The third kappa shape index (κ3) is 2.57. The molecule has 0 radical (unpaired) electrons. The number of anilines is 4. The zero-order chi connectivity index (χ0) is 13.1. The minimum atomic E-state index is 0.436. The quantitative estimate of drug-likeness (QED) is 0.807. The Morgan fingerprint density at radius 2 is 1.83 bits per heavy atom. The second-order valence-electron chi connectivity index (χ2n) is 3.49. The number of aromatic nitrogens is 2. The summed E-state index contributed by atoms with van der Waals surface area (Å²) in [4.78, 5) is 8.07. The highest BCUT2D eigenvalue weighted by Gasteiger charge is 2.07. The fraction of sp³-hybridized carbons (Fsp3) is 0.0909. The summed E-state index contributed by atoms with van der Waals surface area (Å²) in [5.41, 5.74) is 7.08. The van der Waals surface area contributed by atoms with Crippen molar-refractivity contribution in [2.75, 3.05) is 23.4 Å². The molecule has 1 heterocycles. The molecule has 0 saturated carbocycles. The molecule has 1 aromatic heterocycles. The number of halogens is 2. The second-order valence-corrected chi connectivity index (χ2v) is 4.30. The van der Waals surface area contributed by atoms with Crippen LogP contribution in [0.2, 0.25) is 10.0 Å². The zero-order valence-electron chi connectivity index (χ0n) is 9.54. The number of nitrogen functional groups attached to an aromatic ring is 1. The molecule has 0 aliphatic rings. The topological polar surface area (TPSA) is 75.9 Å². The summed E-state index contributed by atoms with van der Waals surface area (Å²) >= 11 is 11.8. The summed E-state index contributed by atoms with van der Waals surface area (Å²) in [5, 5.41) is 6.89. The van der Waals surface area contributed by atoms with Gasteiger partial charge in [0, 0.05) is 12.7 Å². The molecule has 1 aromatic carbocycles. The average molecular weight is 284 g/mol. The molecular weight excluding hydrogens is 273 g/mol. The first-order valence-corrected chi connectivity index (χ1v) is 5.87. The van der Waals surface area contributed by atoms with Crippen LogP contribution in [0.4, 0.5) is 23.0 Å². The van der Waals surface area contributed by atoms with E-state index in [2.05, 4.69) is 20.6 Å². The largest absolute Gasteiger partial charge is 0.393 e. The Hall–Kier alpha value is -1.72. The molecule has 0 atom stereocenters. The van der Waals surface area contributed by atoms with Gasteiger partial charge in [0.15, 0.2) is 11.6 Å². The SMILES string of the molecule is CNc1ncnc(Nc2ccc(Cl)c(Cl)c2)c1N. The lowest BCUT2D eigenvalue weighted by Gasteiger charge is -2.11. The molecule has 4 N–H and O–H groups in total. The summed E-state index contributed by atoms with van der Waals surface area (Å²) in [6, 6.07) is 5.18. The molecule has 0 bridgehead atoms. The monoisotopic (exact) mass is 283 g/mol. The molecule has 0 aliphatic carbocycles. The van der Waals surface area contributed by atoms with Crippen LogP contribution in [-0.2, 0) is 0 Å². The predicted molar refractivity (Wildman–Crippen MR) is 75.7 cm³/mol. The highest BCUT2D eigenvalue weighted by atomic mass is 35.5. The predicted octanol–water partition coefficient (Wildman–Crippen LogP) is 3.15. The van der Waals surface area contributed by atoms with Gasteiger partial charge in [-0.3, -0.25) is 0 Å². The van der Waals surface area contributed by atoms with Crippen molar-refractivity contribution >= 4 is 46.2 Å². The fourth-order valence-corrected chi connectivity index (χ4v) is 1.70. The van der Waals surface area contributed by atoms with E-state index in [0.717, 1.165) is 5.69 Å². The number of nitrogens with two attached hydrogens (primary N) is 1. The Labute approximate surface area is 114 Å². The third-order valence-corrected chi connectivity index (χ3v) is 3.04. The van der Waals surface area contributed by atoms with Gasteiger partial charge >= 0.3 is 0 Å². The van der Waals surface area contributed by atoms with E-state index in [4.69, 9.17) is 28.9 Å². The standard InChI is InChI=1S/C11H11Cl2N5/c1-15-10-9(14)11(17-5-16-10)18-6-2-3-7(12)8(13)4-6/h2-5H,14H2,1H3,(H2,15,16,17,18). The van der Waals surface area contributed by atoms with E-state index in [0.29, 0.717) is 27.4 Å². The van der Waals surface area contributed by atoms with Gasteiger partial charge in [-0.1, -0.05) is 23.2 Å². The van der Waals surface area contributed by atoms with Crippen molar-refractivity contribution < 1.29 is 0 Å². The Bertz CT molecular complexity index is 573. The van der Waals surface area contributed by atoms with E-state index >= 15 is 0 Å². The second kappa shape index (κ2) is 5.29. The molecule has 0 unspecified atom stereocenters. The maximum Gasteiger partial charge on any atom is 0.159 e. The fourth-order valence-electron chi connectivity index (χ4n) is 1.41. The lowest BCUT2D eigenvalue weighted by atomic mass is 10.3. The van der Waals surface area contributed by atoms with Crippen molar-refractivity contribution in [1.82, 2.24) is 9.97 Å². The third-order valence-electron chi connectivity index (χ3n) is 2.30. The maximum atomic E-state index is 5.93. The number of hydrogen-bond donors (Lipinski definition) is 3. The van der Waals surface area contributed by atoms with Crippen molar-refractivity contribution in [1.29, 1.82) is 0 Å². The van der Waals surface area contributed by atoms with E-state index in [1.165, 1.54) is 6.33 Å². The highest BCUT2D eigenvalue weighted by molar-refractivity contribution is 6.42. The summed E-state index contributed by atoms with van der Waals surface area (Å²) in [7, 11) is 1.74. The number of nitrogens with one attached hydrogen (secondary N) is 2. The summed E-state index contributed by atoms with van der Waals surface area (Å²) in [6.45, 7) is 0. The van der Waals surface area contributed by atoms with Crippen LogP contribution in [0.3, 0.4) is 0 Å². The van der Waals surface area contributed by atoms with Crippen LogP contribution in [0, 0.1) is 0 Å². The van der Waals surface area contributed by atoms with Gasteiger partial charge in [-0.15, -0.1) is 0 Å². The van der Waals surface area contributed by atoms with Crippen molar-refractivity contribution in [3.63, 3.8) is 0 Å². The number of rotatable bonds is 3. The Balaban J connectivity index is 2.31. The van der Waals surface area contributed by atoms with Crippen molar-refractivity contribution in [2.24, 2.45) is 0 Å². The molecule has 5 nitrogen and oxygen atoms in total. The Morgan fingerprint density at radius 3 is 2.50 bits per heavy atom. The number of nitrogens with zero attached hydrogens (tertiary/aromatic N) is 2. The Morgan fingerprint density at radius 1 is 1.11 bits per heavy atom. The van der Waals surface area contributed by atoms with Gasteiger partial charge in [-0.05, 0) is 18.2 Å². The van der Waals surface area contributed by atoms with Gasteiger partial charge in [0.1, 0.15) is 12.0 Å². The van der Waals surface area contributed by atoms with Crippen LogP contribution in [0.1, 0.15) is 0 Å². The molecule has 94 valence electrons. The van der Waals surface area contributed by atoms with Gasteiger partial charge in [0.2, 0.25) is 0 Å². The molecule has 0 spiro atoms. The molecule has 2 rings (SSSR count). The van der Waals surface area contributed by atoms with Crippen LogP contribution in [0.5, 0.6) is 0 Å². The van der Waals surface area contributed by atoms with E-state index < -0.39 is 0 Å². The molecule has 0 aliphatic heterocycles. The first kappa shape index (κ1) is 12.7. The molecule has 0 fully saturated rings. The van der Waals surface area contributed by atoms with Crippen molar-refractivity contribution in [3.8, 4) is 0 Å². The van der Waals surface area contributed by atoms with Crippen LogP contribution < -0.4 is 16.4 Å².